The van der Waals surface area contributed by atoms with Gasteiger partial charge in [-0.3, -0.25) is 9.89 Å². The minimum Gasteiger partial charge on any atom is -0.352 e. The fourth-order valence-corrected chi connectivity index (χ4v) is 1.57. The second-order valence-electron chi connectivity index (χ2n) is 4.49. The quantitative estimate of drug-likeness (QED) is 0.604. The van der Waals surface area contributed by atoms with Gasteiger partial charge in [-0.1, -0.05) is 13.8 Å². The van der Waals surface area contributed by atoms with Crippen molar-refractivity contribution in [2.45, 2.75) is 32.9 Å². The van der Waals surface area contributed by atoms with Crippen LogP contribution in [0.4, 0.5) is 4.79 Å². The Kier molecular flexibility index (Phi) is 4.70. The van der Waals surface area contributed by atoms with Crippen LogP contribution in [0.15, 0.2) is 12.4 Å². The van der Waals surface area contributed by atoms with Crippen molar-refractivity contribution in [3.05, 3.63) is 18.0 Å². The molecule has 1 aromatic heterocycles. The van der Waals surface area contributed by atoms with Crippen LogP contribution in [0.1, 0.15) is 32.4 Å². The van der Waals surface area contributed by atoms with Crippen LogP contribution in [0.25, 0.3) is 0 Å². The van der Waals surface area contributed by atoms with Gasteiger partial charge in [-0.2, -0.15) is 5.10 Å². The van der Waals surface area contributed by atoms with Gasteiger partial charge in [-0.25, -0.2) is 4.79 Å². The second kappa shape index (κ2) is 6.04. The summed E-state index contributed by atoms with van der Waals surface area (Å²) in [6.07, 6.45) is 3.34. The van der Waals surface area contributed by atoms with Gasteiger partial charge in [0.1, 0.15) is 6.04 Å². The number of H-pyrrole nitrogens is 1. The van der Waals surface area contributed by atoms with E-state index in [4.69, 9.17) is 5.73 Å². The molecule has 0 aliphatic carbocycles. The first-order valence-electron chi connectivity index (χ1n) is 5.76. The molecule has 18 heavy (non-hydrogen) atoms. The number of rotatable bonds is 5. The number of aromatic amines is 1. The molecular formula is C11H19N5O2. The highest BCUT2D eigenvalue weighted by molar-refractivity contribution is 5.87. The lowest BCUT2D eigenvalue weighted by Gasteiger charge is -2.22. The second-order valence-corrected chi connectivity index (χ2v) is 4.49. The van der Waals surface area contributed by atoms with E-state index in [9.17, 15) is 9.59 Å². The van der Waals surface area contributed by atoms with Gasteiger partial charge in [0.25, 0.3) is 0 Å². The van der Waals surface area contributed by atoms with Crippen LogP contribution >= 0.6 is 0 Å². The summed E-state index contributed by atoms with van der Waals surface area (Å²) in [5, 5.41) is 11.7. The van der Waals surface area contributed by atoms with E-state index in [1.807, 2.05) is 20.8 Å². The number of carbonyl (C=O) groups is 2. The first-order chi connectivity index (χ1) is 8.41. The number of hydrogen-bond acceptors (Lipinski definition) is 3. The van der Waals surface area contributed by atoms with Gasteiger partial charge in [0.15, 0.2) is 0 Å². The Morgan fingerprint density at radius 3 is 2.44 bits per heavy atom. The molecule has 7 heteroatoms. The summed E-state index contributed by atoms with van der Waals surface area (Å²) in [4.78, 5) is 22.9. The van der Waals surface area contributed by atoms with Gasteiger partial charge in [0.2, 0.25) is 5.91 Å². The average molecular weight is 253 g/mol. The zero-order chi connectivity index (χ0) is 13.7. The summed E-state index contributed by atoms with van der Waals surface area (Å²) in [6, 6.07) is -1.54. The van der Waals surface area contributed by atoms with E-state index >= 15 is 0 Å². The Hall–Kier alpha value is -2.05. The summed E-state index contributed by atoms with van der Waals surface area (Å²) < 4.78 is 0. The van der Waals surface area contributed by atoms with Crippen LogP contribution in [0.3, 0.4) is 0 Å². The van der Waals surface area contributed by atoms with Crippen molar-refractivity contribution in [1.82, 2.24) is 20.8 Å². The number of urea groups is 1. The van der Waals surface area contributed by atoms with E-state index < -0.39 is 12.1 Å². The molecule has 0 radical (unpaired) electrons. The molecule has 0 bridgehead atoms. The molecule has 5 N–H and O–H groups in total. The molecule has 7 nitrogen and oxygen atoms in total. The number of hydrogen-bond donors (Lipinski definition) is 4. The number of primary amides is 1. The maximum absolute atomic E-state index is 12.0. The summed E-state index contributed by atoms with van der Waals surface area (Å²) in [6.45, 7) is 5.51. The summed E-state index contributed by atoms with van der Waals surface area (Å²) in [5.41, 5.74) is 5.91. The van der Waals surface area contributed by atoms with E-state index in [2.05, 4.69) is 20.8 Å². The van der Waals surface area contributed by atoms with Gasteiger partial charge in [-0.05, 0) is 12.8 Å². The van der Waals surface area contributed by atoms with E-state index in [1.165, 1.54) is 0 Å². The monoisotopic (exact) mass is 253 g/mol. The Bertz CT molecular complexity index is 402. The Labute approximate surface area is 106 Å². The lowest BCUT2D eigenvalue weighted by atomic mass is 10.0. The lowest BCUT2D eigenvalue weighted by Crippen LogP contribution is -2.51. The SMILES string of the molecule is CC(NC(=O)C(NC(N)=O)C(C)C)c1cn[nH]c1. The van der Waals surface area contributed by atoms with E-state index in [-0.39, 0.29) is 17.9 Å². The molecule has 0 spiro atoms. The molecule has 0 fully saturated rings. The number of aromatic nitrogens is 2. The Morgan fingerprint density at radius 1 is 1.33 bits per heavy atom. The highest BCUT2D eigenvalue weighted by Crippen LogP contribution is 2.10. The number of nitrogens with zero attached hydrogens (tertiary/aromatic N) is 1. The standard InChI is InChI=1S/C11H19N5O2/c1-6(2)9(16-11(12)18)10(17)15-7(3)8-4-13-14-5-8/h4-7,9H,1-3H3,(H,13,14)(H,15,17)(H3,12,16,18). The van der Waals surface area contributed by atoms with Crippen molar-refractivity contribution in [2.24, 2.45) is 11.7 Å². The van der Waals surface area contributed by atoms with Crippen LogP contribution in [-0.4, -0.2) is 28.2 Å². The number of nitrogens with one attached hydrogen (secondary N) is 3. The fraction of sp³-hybridized carbons (Fsp3) is 0.545. The van der Waals surface area contributed by atoms with Gasteiger partial charge >= 0.3 is 6.03 Å². The van der Waals surface area contributed by atoms with E-state index in [0.717, 1.165) is 5.56 Å². The molecule has 0 aliphatic rings. The summed E-state index contributed by atoms with van der Waals surface area (Å²) in [5.74, 6) is -0.313. The maximum Gasteiger partial charge on any atom is 0.312 e. The first-order valence-corrected chi connectivity index (χ1v) is 5.76. The van der Waals surface area contributed by atoms with Crippen molar-refractivity contribution in [3.8, 4) is 0 Å². The Morgan fingerprint density at radius 2 is 2.00 bits per heavy atom. The molecule has 0 aromatic carbocycles. The van der Waals surface area contributed by atoms with E-state index in [1.54, 1.807) is 12.4 Å². The Balaban J connectivity index is 2.64. The number of carbonyl (C=O) groups excluding carboxylic acids is 2. The summed E-state index contributed by atoms with van der Waals surface area (Å²) in [7, 11) is 0. The van der Waals surface area contributed by atoms with E-state index in [0.29, 0.717) is 0 Å². The van der Waals surface area contributed by atoms with Crippen molar-refractivity contribution < 1.29 is 9.59 Å². The van der Waals surface area contributed by atoms with Crippen LogP contribution in [-0.2, 0) is 4.79 Å². The average Bonchev–Trinajstić information content (AvgIpc) is 2.78. The first kappa shape index (κ1) is 14.0. The summed E-state index contributed by atoms with van der Waals surface area (Å²) >= 11 is 0. The number of nitrogens with two attached hydrogens (primary N) is 1. The zero-order valence-corrected chi connectivity index (χ0v) is 10.7. The largest absolute Gasteiger partial charge is 0.352 e. The molecule has 1 rings (SSSR count). The van der Waals surface area contributed by atoms with Crippen molar-refractivity contribution in [1.29, 1.82) is 0 Å². The molecule has 0 saturated heterocycles. The molecule has 2 unspecified atom stereocenters. The zero-order valence-electron chi connectivity index (χ0n) is 10.7. The van der Waals surface area contributed by atoms with Crippen molar-refractivity contribution in [2.75, 3.05) is 0 Å². The molecule has 100 valence electrons. The third-order valence-corrected chi connectivity index (χ3v) is 2.63. The highest BCUT2D eigenvalue weighted by Gasteiger charge is 2.24. The number of amides is 3. The van der Waals surface area contributed by atoms with Gasteiger partial charge in [0, 0.05) is 11.8 Å². The van der Waals surface area contributed by atoms with Crippen LogP contribution in [0, 0.1) is 5.92 Å². The molecule has 2 atom stereocenters. The predicted molar refractivity (Wildman–Crippen MR) is 66.5 cm³/mol. The molecule has 3 amide bonds. The van der Waals surface area contributed by atoms with Crippen LogP contribution < -0.4 is 16.4 Å². The fourth-order valence-electron chi connectivity index (χ4n) is 1.57. The molecule has 0 saturated carbocycles. The minimum absolute atomic E-state index is 0.0472. The highest BCUT2D eigenvalue weighted by atomic mass is 16.2. The maximum atomic E-state index is 12.0. The van der Waals surface area contributed by atoms with Gasteiger partial charge in [-0.15, -0.1) is 0 Å². The van der Waals surface area contributed by atoms with Crippen LogP contribution in [0.2, 0.25) is 0 Å². The minimum atomic E-state index is -0.709. The van der Waals surface area contributed by atoms with Gasteiger partial charge < -0.3 is 16.4 Å². The smallest absolute Gasteiger partial charge is 0.312 e. The normalized spacial score (nSPS) is 14.0. The van der Waals surface area contributed by atoms with Gasteiger partial charge in [0.05, 0.1) is 12.2 Å². The predicted octanol–water partition coefficient (Wildman–Crippen LogP) is 0.280. The molecular weight excluding hydrogens is 234 g/mol. The topological polar surface area (TPSA) is 113 Å². The molecule has 1 heterocycles. The van der Waals surface area contributed by atoms with Crippen molar-refractivity contribution >= 4 is 11.9 Å². The third-order valence-electron chi connectivity index (χ3n) is 2.63. The molecule has 0 aliphatic heterocycles. The third kappa shape index (κ3) is 3.76. The lowest BCUT2D eigenvalue weighted by molar-refractivity contribution is -0.124. The molecule has 1 aromatic rings. The van der Waals surface area contributed by atoms with Crippen LogP contribution in [0.5, 0.6) is 0 Å². The van der Waals surface area contributed by atoms with Crippen molar-refractivity contribution in [3.63, 3.8) is 0 Å².